The summed E-state index contributed by atoms with van der Waals surface area (Å²) < 4.78 is 38.2. The van der Waals surface area contributed by atoms with Gasteiger partial charge < -0.3 is 5.32 Å². The van der Waals surface area contributed by atoms with E-state index in [1.54, 1.807) is 0 Å². The van der Waals surface area contributed by atoms with E-state index < -0.39 is 17.6 Å². The molecule has 0 spiro atoms. The highest BCUT2D eigenvalue weighted by molar-refractivity contribution is 9.10. The van der Waals surface area contributed by atoms with Crippen LogP contribution in [0, 0.1) is 0 Å². The quantitative estimate of drug-likeness (QED) is 0.470. The summed E-state index contributed by atoms with van der Waals surface area (Å²) in [6.45, 7) is 0.471. The lowest BCUT2D eigenvalue weighted by atomic mass is 10.1. The Morgan fingerprint density at radius 2 is 1.81 bits per heavy atom. The maximum absolute atomic E-state index is 12.8. The van der Waals surface area contributed by atoms with Gasteiger partial charge in [-0.3, -0.25) is 4.79 Å². The van der Waals surface area contributed by atoms with Gasteiger partial charge in [-0.05, 0) is 31.0 Å². The minimum absolute atomic E-state index is 0.0194. The number of nitrogens with one attached hydrogen (secondary N) is 1. The van der Waals surface area contributed by atoms with E-state index in [0.717, 1.165) is 37.1 Å². The van der Waals surface area contributed by atoms with Crippen LogP contribution in [0.1, 0.15) is 41.6 Å². The standard InChI is InChI=1S/C14H16Br2F3NO/c15-7-3-1-2-4-8-20-13(21)10-5-6-12(16)11(9-10)14(17,18)19/h5-6,9H,1-4,7-8H2,(H,20,21). The molecule has 0 saturated carbocycles. The predicted molar refractivity (Wildman–Crippen MR) is 83.7 cm³/mol. The highest BCUT2D eigenvalue weighted by Gasteiger charge is 2.33. The second-order valence-corrected chi connectivity index (χ2v) is 6.20. The monoisotopic (exact) mass is 429 g/mol. The van der Waals surface area contributed by atoms with Gasteiger partial charge in [-0.1, -0.05) is 44.7 Å². The number of benzene rings is 1. The van der Waals surface area contributed by atoms with Gasteiger partial charge in [-0.25, -0.2) is 0 Å². The highest BCUT2D eigenvalue weighted by atomic mass is 79.9. The van der Waals surface area contributed by atoms with E-state index in [-0.39, 0.29) is 10.0 Å². The molecule has 0 unspecified atom stereocenters. The van der Waals surface area contributed by atoms with Crippen molar-refractivity contribution in [3.8, 4) is 0 Å². The molecule has 0 heterocycles. The van der Waals surface area contributed by atoms with E-state index >= 15 is 0 Å². The molecule has 0 aromatic heterocycles. The molecule has 0 aliphatic rings. The van der Waals surface area contributed by atoms with Crippen molar-refractivity contribution in [1.82, 2.24) is 5.32 Å². The molecule has 0 bridgehead atoms. The van der Waals surface area contributed by atoms with Crippen LogP contribution in [-0.2, 0) is 6.18 Å². The number of halogens is 5. The average molecular weight is 431 g/mol. The first kappa shape index (κ1) is 18.5. The Morgan fingerprint density at radius 3 is 2.43 bits per heavy atom. The Bertz CT molecular complexity index is 478. The predicted octanol–water partition coefficient (Wildman–Crippen LogP) is 5.15. The van der Waals surface area contributed by atoms with Crippen LogP contribution in [0.15, 0.2) is 22.7 Å². The van der Waals surface area contributed by atoms with E-state index in [1.165, 1.54) is 12.1 Å². The summed E-state index contributed by atoms with van der Waals surface area (Å²) in [6, 6.07) is 3.48. The molecule has 1 aromatic carbocycles. The lowest BCUT2D eigenvalue weighted by molar-refractivity contribution is -0.138. The fourth-order valence-corrected chi connectivity index (χ4v) is 2.63. The van der Waals surface area contributed by atoms with Gasteiger partial charge in [0.15, 0.2) is 0 Å². The summed E-state index contributed by atoms with van der Waals surface area (Å²) in [4.78, 5) is 11.8. The van der Waals surface area contributed by atoms with Gasteiger partial charge >= 0.3 is 6.18 Å². The largest absolute Gasteiger partial charge is 0.417 e. The van der Waals surface area contributed by atoms with Gasteiger partial charge in [0.1, 0.15) is 0 Å². The number of unbranched alkanes of at least 4 members (excludes halogenated alkanes) is 3. The number of hydrogen-bond donors (Lipinski definition) is 1. The summed E-state index contributed by atoms with van der Waals surface area (Å²) in [5, 5.41) is 3.60. The van der Waals surface area contributed by atoms with Crippen molar-refractivity contribution in [2.45, 2.75) is 31.9 Å². The van der Waals surface area contributed by atoms with E-state index in [9.17, 15) is 18.0 Å². The second-order valence-electron chi connectivity index (χ2n) is 4.55. The van der Waals surface area contributed by atoms with E-state index in [2.05, 4.69) is 37.2 Å². The van der Waals surface area contributed by atoms with Gasteiger partial charge in [0.05, 0.1) is 5.56 Å². The van der Waals surface area contributed by atoms with Gasteiger partial charge in [-0.2, -0.15) is 13.2 Å². The summed E-state index contributed by atoms with van der Waals surface area (Å²) in [5.74, 6) is -0.478. The zero-order valence-electron chi connectivity index (χ0n) is 11.3. The van der Waals surface area contributed by atoms with Crippen LogP contribution in [0.4, 0.5) is 13.2 Å². The molecule has 0 aliphatic carbocycles. The zero-order chi connectivity index (χ0) is 15.9. The van der Waals surface area contributed by atoms with Crippen molar-refractivity contribution in [2.75, 3.05) is 11.9 Å². The smallest absolute Gasteiger partial charge is 0.352 e. The lowest BCUT2D eigenvalue weighted by Gasteiger charge is -2.11. The summed E-state index contributed by atoms with van der Waals surface area (Å²) in [6.07, 6.45) is -0.528. The van der Waals surface area contributed by atoms with E-state index in [0.29, 0.717) is 6.54 Å². The number of alkyl halides is 4. The molecule has 1 N–H and O–H groups in total. The molecule has 0 radical (unpaired) electrons. The Balaban J connectivity index is 2.55. The summed E-state index contributed by atoms with van der Waals surface area (Å²) in [5.41, 5.74) is -0.821. The molecule has 1 aromatic rings. The van der Waals surface area contributed by atoms with Crippen LogP contribution in [0.5, 0.6) is 0 Å². The Hall–Kier alpha value is -0.560. The molecule has 7 heteroatoms. The Morgan fingerprint density at radius 1 is 1.14 bits per heavy atom. The fraction of sp³-hybridized carbons (Fsp3) is 0.500. The number of carbonyl (C=O) groups is 1. The number of rotatable bonds is 7. The molecule has 0 aliphatic heterocycles. The third-order valence-electron chi connectivity index (χ3n) is 2.88. The zero-order valence-corrected chi connectivity index (χ0v) is 14.4. The summed E-state index contributed by atoms with van der Waals surface area (Å²) >= 11 is 6.18. The minimum Gasteiger partial charge on any atom is -0.352 e. The average Bonchev–Trinajstić information content (AvgIpc) is 2.41. The molecule has 118 valence electrons. The van der Waals surface area contributed by atoms with Crippen molar-refractivity contribution in [2.24, 2.45) is 0 Å². The SMILES string of the molecule is O=C(NCCCCCCBr)c1ccc(Br)c(C(F)(F)F)c1. The van der Waals surface area contributed by atoms with Gasteiger partial charge in [0, 0.05) is 21.9 Å². The third-order valence-corrected chi connectivity index (χ3v) is 4.13. The van der Waals surface area contributed by atoms with Crippen molar-refractivity contribution in [1.29, 1.82) is 0 Å². The lowest BCUT2D eigenvalue weighted by Crippen LogP contribution is -2.25. The van der Waals surface area contributed by atoms with Gasteiger partial charge in [-0.15, -0.1) is 0 Å². The maximum atomic E-state index is 12.8. The van der Waals surface area contributed by atoms with Crippen molar-refractivity contribution in [3.63, 3.8) is 0 Å². The number of hydrogen-bond acceptors (Lipinski definition) is 1. The first-order valence-electron chi connectivity index (χ1n) is 6.57. The Kier molecular flexibility index (Phi) is 7.73. The van der Waals surface area contributed by atoms with Gasteiger partial charge in [0.2, 0.25) is 0 Å². The maximum Gasteiger partial charge on any atom is 0.417 e. The van der Waals surface area contributed by atoms with Crippen LogP contribution in [-0.4, -0.2) is 17.8 Å². The first-order chi connectivity index (χ1) is 9.86. The number of carbonyl (C=O) groups excluding carboxylic acids is 1. The molecule has 0 atom stereocenters. The molecule has 0 fully saturated rings. The normalized spacial score (nSPS) is 11.5. The van der Waals surface area contributed by atoms with Crippen LogP contribution in [0.25, 0.3) is 0 Å². The van der Waals surface area contributed by atoms with Crippen molar-refractivity contribution < 1.29 is 18.0 Å². The fourth-order valence-electron chi connectivity index (χ4n) is 1.76. The Labute approximate surface area is 138 Å². The minimum atomic E-state index is -4.48. The van der Waals surface area contributed by atoms with Crippen LogP contribution in [0.2, 0.25) is 0 Å². The molecule has 2 nitrogen and oxygen atoms in total. The molecule has 0 saturated heterocycles. The molecule has 1 rings (SSSR count). The van der Waals surface area contributed by atoms with E-state index in [1.807, 2.05) is 0 Å². The number of amides is 1. The molecular formula is C14H16Br2F3NO. The third kappa shape index (κ3) is 6.38. The topological polar surface area (TPSA) is 29.1 Å². The van der Waals surface area contributed by atoms with Crippen molar-refractivity contribution >= 4 is 37.8 Å². The highest BCUT2D eigenvalue weighted by Crippen LogP contribution is 2.35. The molecule has 1 amide bonds. The van der Waals surface area contributed by atoms with Crippen LogP contribution >= 0.6 is 31.9 Å². The van der Waals surface area contributed by atoms with Crippen LogP contribution in [0.3, 0.4) is 0 Å². The van der Waals surface area contributed by atoms with Crippen LogP contribution < -0.4 is 5.32 Å². The second kappa shape index (κ2) is 8.78. The molecule has 21 heavy (non-hydrogen) atoms. The van der Waals surface area contributed by atoms with Crippen molar-refractivity contribution in [3.05, 3.63) is 33.8 Å². The van der Waals surface area contributed by atoms with E-state index in [4.69, 9.17) is 0 Å². The molecular weight excluding hydrogens is 415 g/mol. The first-order valence-corrected chi connectivity index (χ1v) is 8.48. The summed E-state index contributed by atoms with van der Waals surface area (Å²) in [7, 11) is 0. The van der Waals surface area contributed by atoms with Gasteiger partial charge in [0.25, 0.3) is 5.91 Å².